The standard InChI is InChI=1S/C17H13N3O/c1-11-6-8-12(9-7-11)16-19-20-17(21-16)14-10-18-15-5-3-2-4-13(14)15/h2-10,18H,1H3. The van der Waals surface area contributed by atoms with Gasteiger partial charge >= 0.3 is 0 Å². The van der Waals surface area contributed by atoms with Crippen LogP contribution in [0.1, 0.15) is 5.56 Å². The van der Waals surface area contributed by atoms with Crippen molar-refractivity contribution in [2.24, 2.45) is 0 Å². The average Bonchev–Trinajstić information content (AvgIpc) is 3.14. The van der Waals surface area contributed by atoms with E-state index in [-0.39, 0.29) is 0 Å². The first-order valence-corrected chi connectivity index (χ1v) is 6.78. The van der Waals surface area contributed by atoms with Gasteiger partial charge in [0.15, 0.2) is 0 Å². The lowest BCUT2D eigenvalue weighted by molar-refractivity contribution is 0.585. The van der Waals surface area contributed by atoms with Crippen molar-refractivity contribution in [2.75, 3.05) is 0 Å². The van der Waals surface area contributed by atoms with Gasteiger partial charge < -0.3 is 9.40 Å². The number of nitrogens with zero attached hydrogens (tertiary/aromatic N) is 2. The lowest BCUT2D eigenvalue weighted by Crippen LogP contribution is -1.78. The maximum Gasteiger partial charge on any atom is 0.250 e. The fourth-order valence-electron chi connectivity index (χ4n) is 2.39. The van der Waals surface area contributed by atoms with E-state index in [2.05, 4.69) is 22.1 Å². The molecular weight excluding hydrogens is 262 g/mol. The van der Waals surface area contributed by atoms with Gasteiger partial charge in [-0.25, -0.2) is 0 Å². The van der Waals surface area contributed by atoms with E-state index in [0.717, 1.165) is 22.0 Å². The molecule has 0 spiro atoms. The second kappa shape index (κ2) is 4.59. The Hall–Kier alpha value is -2.88. The molecule has 0 saturated heterocycles. The molecule has 2 heterocycles. The van der Waals surface area contributed by atoms with Crippen molar-refractivity contribution in [3.63, 3.8) is 0 Å². The molecule has 2 aromatic heterocycles. The van der Waals surface area contributed by atoms with Gasteiger partial charge in [-0.15, -0.1) is 10.2 Å². The molecule has 4 heteroatoms. The van der Waals surface area contributed by atoms with Gasteiger partial charge in [0.1, 0.15) is 0 Å². The first-order chi connectivity index (χ1) is 10.3. The topological polar surface area (TPSA) is 54.7 Å². The molecule has 4 nitrogen and oxygen atoms in total. The minimum atomic E-state index is 0.531. The van der Waals surface area contributed by atoms with Crippen molar-refractivity contribution in [1.29, 1.82) is 0 Å². The number of nitrogens with one attached hydrogen (secondary N) is 1. The van der Waals surface area contributed by atoms with Gasteiger partial charge in [0.05, 0.1) is 5.56 Å². The van der Waals surface area contributed by atoms with Crippen LogP contribution in [-0.4, -0.2) is 15.2 Å². The largest absolute Gasteiger partial charge is 0.416 e. The lowest BCUT2D eigenvalue weighted by Gasteiger charge is -1.95. The first kappa shape index (κ1) is 11.9. The molecule has 4 rings (SSSR count). The lowest BCUT2D eigenvalue weighted by atomic mass is 10.1. The van der Waals surface area contributed by atoms with Crippen molar-refractivity contribution in [2.45, 2.75) is 6.92 Å². The Balaban J connectivity index is 1.79. The van der Waals surface area contributed by atoms with Crippen molar-refractivity contribution >= 4 is 10.9 Å². The van der Waals surface area contributed by atoms with Crippen molar-refractivity contribution in [1.82, 2.24) is 15.2 Å². The van der Waals surface area contributed by atoms with Gasteiger partial charge in [0.25, 0.3) is 0 Å². The molecule has 0 fully saturated rings. The molecule has 0 aliphatic heterocycles. The van der Waals surface area contributed by atoms with Crippen LogP contribution >= 0.6 is 0 Å². The summed E-state index contributed by atoms with van der Waals surface area (Å²) in [6, 6.07) is 16.1. The molecule has 0 aliphatic rings. The Morgan fingerprint density at radius 2 is 1.67 bits per heavy atom. The summed E-state index contributed by atoms with van der Waals surface area (Å²) < 4.78 is 5.82. The molecule has 102 valence electrons. The molecule has 0 aliphatic carbocycles. The summed E-state index contributed by atoms with van der Waals surface area (Å²) in [5.41, 5.74) is 4.12. The van der Waals surface area contributed by atoms with Crippen LogP contribution in [0.2, 0.25) is 0 Å². The van der Waals surface area contributed by atoms with Crippen molar-refractivity contribution < 1.29 is 4.42 Å². The van der Waals surface area contributed by atoms with Crippen LogP contribution in [0.25, 0.3) is 33.8 Å². The van der Waals surface area contributed by atoms with Crippen LogP contribution in [0.4, 0.5) is 0 Å². The van der Waals surface area contributed by atoms with Gasteiger partial charge in [0, 0.05) is 22.7 Å². The van der Waals surface area contributed by atoms with E-state index < -0.39 is 0 Å². The van der Waals surface area contributed by atoms with E-state index in [0.29, 0.717) is 11.8 Å². The van der Waals surface area contributed by atoms with Crippen LogP contribution in [0, 0.1) is 6.92 Å². The fraction of sp³-hybridized carbons (Fsp3) is 0.0588. The average molecular weight is 275 g/mol. The Morgan fingerprint density at radius 1 is 0.905 bits per heavy atom. The maximum atomic E-state index is 5.82. The zero-order valence-electron chi connectivity index (χ0n) is 11.5. The van der Waals surface area contributed by atoms with E-state index >= 15 is 0 Å². The van der Waals surface area contributed by atoms with Crippen LogP contribution in [0.5, 0.6) is 0 Å². The van der Waals surface area contributed by atoms with E-state index in [1.165, 1.54) is 5.56 Å². The summed E-state index contributed by atoms with van der Waals surface area (Å²) in [4.78, 5) is 3.22. The SMILES string of the molecule is Cc1ccc(-c2nnc(-c3c[nH]c4ccccc34)o2)cc1. The highest BCUT2D eigenvalue weighted by atomic mass is 16.4. The van der Waals surface area contributed by atoms with Gasteiger partial charge in [-0.1, -0.05) is 35.9 Å². The van der Waals surface area contributed by atoms with Crippen LogP contribution in [0.15, 0.2) is 59.1 Å². The minimum absolute atomic E-state index is 0.531. The first-order valence-electron chi connectivity index (χ1n) is 6.78. The number of aromatic amines is 1. The van der Waals surface area contributed by atoms with Gasteiger partial charge in [-0.3, -0.25) is 0 Å². The fourth-order valence-corrected chi connectivity index (χ4v) is 2.39. The predicted octanol–water partition coefficient (Wildman–Crippen LogP) is 4.19. The summed E-state index contributed by atoms with van der Waals surface area (Å²) >= 11 is 0. The monoisotopic (exact) mass is 275 g/mol. The summed E-state index contributed by atoms with van der Waals surface area (Å²) in [5, 5.41) is 9.40. The van der Waals surface area contributed by atoms with E-state index in [9.17, 15) is 0 Å². The zero-order chi connectivity index (χ0) is 14.2. The quantitative estimate of drug-likeness (QED) is 0.596. The number of H-pyrrole nitrogens is 1. The number of aryl methyl sites for hydroxylation is 1. The smallest absolute Gasteiger partial charge is 0.250 e. The number of benzene rings is 2. The predicted molar refractivity (Wildman–Crippen MR) is 81.8 cm³/mol. The van der Waals surface area contributed by atoms with Crippen LogP contribution in [0.3, 0.4) is 0 Å². The van der Waals surface area contributed by atoms with Gasteiger partial charge in [0.2, 0.25) is 11.8 Å². The number of hydrogen-bond acceptors (Lipinski definition) is 3. The van der Waals surface area contributed by atoms with Gasteiger partial charge in [-0.2, -0.15) is 0 Å². The summed E-state index contributed by atoms with van der Waals surface area (Å²) in [5.74, 6) is 1.07. The van der Waals surface area contributed by atoms with E-state index in [4.69, 9.17) is 4.42 Å². The number of rotatable bonds is 2. The molecule has 4 aromatic rings. The molecule has 1 N–H and O–H groups in total. The Kier molecular flexibility index (Phi) is 2.60. The van der Waals surface area contributed by atoms with Crippen molar-refractivity contribution in [3.8, 4) is 22.9 Å². The molecule has 0 bridgehead atoms. The number of fused-ring (bicyclic) bond motifs is 1. The minimum Gasteiger partial charge on any atom is -0.416 e. The molecule has 0 amide bonds. The second-order valence-electron chi connectivity index (χ2n) is 5.03. The second-order valence-corrected chi connectivity index (χ2v) is 5.03. The summed E-state index contributed by atoms with van der Waals surface area (Å²) in [6.45, 7) is 2.05. The highest BCUT2D eigenvalue weighted by Crippen LogP contribution is 2.29. The molecule has 21 heavy (non-hydrogen) atoms. The molecule has 0 unspecified atom stereocenters. The molecular formula is C17H13N3O. The van der Waals surface area contributed by atoms with Crippen molar-refractivity contribution in [3.05, 3.63) is 60.3 Å². The van der Waals surface area contributed by atoms with E-state index in [1.807, 2.05) is 54.7 Å². The Labute approximate surface area is 121 Å². The van der Waals surface area contributed by atoms with E-state index in [1.54, 1.807) is 0 Å². The van der Waals surface area contributed by atoms with Gasteiger partial charge in [-0.05, 0) is 25.1 Å². The third-order valence-electron chi connectivity index (χ3n) is 3.54. The number of para-hydroxylation sites is 1. The van der Waals surface area contributed by atoms with Crippen LogP contribution in [-0.2, 0) is 0 Å². The third kappa shape index (κ3) is 2.01. The highest BCUT2D eigenvalue weighted by molar-refractivity contribution is 5.93. The van der Waals surface area contributed by atoms with Crippen LogP contribution < -0.4 is 0 Å². The molecule has 0 atom stereocenters. The summed E-state index contributed by atoms with van der Waals surface area (Å²) in [7, 11) is 0. The molecule has 0 radical (unpaired) electrons. The number of hydrogen-bond donors (Lipinski definition) is 1. The maximum absolute atomic E-state index is 5.82. The molecule has 2 aromatic carbocycles. The molecule has 0 saturated carbocycles. The Bertz CT molecular complexity index is 903. The highest BCUT2D eigenvalue weighted by Gasteiger charge is 2.13. The zero-order valence-corrected chi connectivity index (χ0v) is 11.5. The normalized spacial score (nSPS) is 11.1. The number of aromatic nitrogens is 3. The third-order valence-corrected chi connectivity index (χ3v) is 3.54. The summed E-state index contributed by atoms with van der Waals surface area (Å²) in [6.07, 6.45) is 1.90. The Morgan fingerprint density at radius 3 is 2.52 bits per heavy atom.